The molecule has 1 aromatic carbocycles. The van der Waals surface area contributed by atoms with Gasteiger partial charge in [-0.1, -0.05) is 0 Å². The van der Waals surface area contributed by atoms with Gasteiger partial charge in [-0.2, -0.15) is 5.10 Å². The van der Waals surface area contributed by atoms with Gasteiger partial charge in [-0.15, -0.1) is 0 Å². The van der Waals surface area contributed by atoms with Crippen molar-refractivity contribution in [2.24, 2.45) is 5.41 Å². The second kappa shape index (κ2) is 7.29. The molecular weight excluding hydrogens is 330 g/mol. The van der Waals surface area contributed by atoms with Gasteiger partial charge >= 0.3 is 0 Å². The Balaban J connectivity index is 1.54. The molecule has 6 heteroatoms. The van der Waals surface area contributed by atoms with Crippen LogP contribution in [0.4, 0.5) is 0 Å². The third-order valence-electron chi connectivity index (χ3n) is 5.71. The van der Waals surface area contributed by atoms with E-state index < -0.39 is 0 Å². The Morgan fingerprint density at radius 3 is 2.88 bits per heavy atom. The van der Waals surface area contributed by atoms with Crippen molar-refractivity contribution in [2.45, 2.75) is 25.8 Å². The molecule has 0 amide bonds. The fraction of sp³-hybridized carbons (Fsp3) is 0.550. The highest BCUT2D eigenvalue weighted by atomic mass is 16.5. The fourth-order valence-electron chi connectivity index (χ4n) is 4.33. The van der Waals surface area contributed by atoms with Gasteiger partial charge in [-0.3, -0.25) is 10.00 Å². The van der Waals surface area contributed by atoms with Crippen LogP contribution in [0, 0.1) is 5.41 Å². The summed E-state index contributed by atoms with van der Waals surface area (Å²) in [6.07, 6.45) is 5.67. The van der Waals surface area contributed by atoms with E-state index in [1.165, 1.54) is 24.8 Å². The van der Waals surface area contributed by atoms with Crippen molar-refractivity contribution in [2.75, 3.05) is 40.5 Å². The van der Waals surface area contributed by atoms with Crippen LogP contribution in [0.3, 0.4) is 0 Å². The molecule has 140 valence electrons. The number of methoxy groups -OCH3 is 2. The van der Waals surface area contributed by atoms with Crippen molar-refractivity contribution >= 4 is 0 Å². The number of likely N-dealkylation sites (tertiary alicyclic amines) is 1. The van der Waals surface area contributed by atoms with Gasteiger partial charge in [0, 0.05) is 36.2 Å². The zero-order valence-electron chi connectivity index (χ0n) is 15.6. The number of rotatable bonds is 5. The van der Waals surface area contributed by atoms with Gasteiger partial charge in [-0.05, 0) is 44.0 Å². The molecule has 4 rings (SSSR count). The average Bonchev–Trinajstić information content (AvgIpc) is 3.31. The van der Waals surface area contributed by atoms with E-state index in [-0.39, 0.29) is 0 Å². The third-order valence-corrected chi connectivity index (χ3v) is 5.71. The van der Waals surface area contributed by atoms with Gasteiger partial charge in [0.15, 0.2) is 11.5 Å². The molecule has 1 aromatic heterocycles. The standard InChI is InChI=1S/C20H27N3O3/c1-24-17-5-4-15(10-18(17)25-2)19-16(11-21-22-19)12-23-8-3-6-20(13-23)7-9-26-14-20/h4-5,10-11H,3,6-9,12-14H2,1-2H3,(H,21,22). The number of ether oxygens (including phenoxy) is 3. The maximum absolute atomic E-state index is 5.69. The zero-order chi connectivity index (χ0) is 18.0. The van der Waals surface area contributed by atoms with E-state index in [9.17, 15) is 0 Å². The Morgan fingerprint density at radius 2 is 2.12 bits per heavy atom. The number of hydrogen-bond donors (Lipinski definition) is 1. The van der Waals surface area contributed by atoms with E-state index in [4.69, 9.17) is 14.2 Å². The van der Waals surface area contributed by atoms with Crippen LogP contribution in [0.15, 0.2) is 24.4 Å². The molecule has 3 heterocycles. The number of piperidine rings is 1. The van der Waals surface area contributed by atoms with Gasteiger partial charge in [0.2, 0.25) is 0 Å². The van der Waals surface area contributed by atoms with E-state index in [1.807, 2.05) is 24.4 Å². The number of nitrogens with one attached hydrogen (secondary N) is 1. The second-order valence-electron chi connectivity index (χ2n) is 7.46. The molecule has 0 radical (unpaired) electrons. The van der Waals surface area contributed by atoms with Crippen molar-refractivity contribution < 1.29 is 14.2 Å². The van der Waals surface area contributed by atoms with Gasteiger partial charge in [0.25, 0.3) is 0 Å². The minimum Gasteiger partial charge on any atom is -0.493 e. The van der Waals surface area contributed by atoms with Crippen LogP contribution >= 0.6 is 0 Å². The van der Waals surface area contributed by atoms with Crippen LogP contribution in [0.1, 0.15) is 24.8 Å². The number of nitrogens with zero attached hydrogens (tertiary/aromatic N) is 2. The first kappa shape index (κ1) is 17.4. The molecule has 26 heavy (non-hydrogen) atoms. The maximum Gasteiger partial charge on any atom is 0.161 e. The molecule has 6 nitrogen and oxygen atoms in total. The molecule has 2 fully saturated rings. The molecule has 2 aliphatic rings. The molecule has 2 aliphatic heterocycles. The average molecular weight is 357 g/mol. The summed E-state index contributed by atoms with van der Waals surface area (Å²) in [6.45, 7) is 4.98. The van der Waals surface area contributed by atoms with Gasteiger partial charge in [-0.25, -0.2) is 0 Å². The Hall–Kier alpha value is -2.05. The highest BCUT2D eigenvalue weighted by Crippen LogP contribution is 2.39. The minimum atomic E-state index is 0.367. The van der Waals surface area contributed by atoms with E-state index in [1.54, 1.807) is 14.2 Å². The summed E-state index contributed by atoms with van der Waals surface area (Å²) in [5.41, 5.74) is 3.69. The lowest BCUT2D eigenvalue weighted by atomic mass is 9.79. The summed E-state index contributed by atoms with van der Waals surface area (Å²) >= 11 is 0. The summed E-state index contributed by atoms with van der Waals surface area (Å²) in [6, 6.07) is 5.98. The molecular formula is C20H27N3O3. The van der Waals surface area contributed by atoms with Crippen LogP contribution in [0.5, 0.6) is 11.5 Å². The van der Waals surface area contributed by atoms with Gasteiger partial charge < -0.3 is 14.2 Å². The topological polar surface area (TPSA) is 59.6 Å². The summed E-state index contributed by atoms with van der Waals surface area (Å²) in [4.78, 5) is 2.55. The Kier molecular flexibility index (Phi) is 4.87. The first-order valence-corrected chi connectivity index (χ1v) is 9.28. The van der Waals surface area contributed by atoms with E-state index in [2.05, 4.69) is 15.1 Å². The largest absolute Gasteiger partial charge is 0.493 e. The fourth-order valence-corrected chi connectivity index (χ4v) is 4.33. The smallest absolute Gasteiger partial charge is 0.161 e. The lowest BCUT2D eigenvalue weighted by Crippen LogP contribution is -2.43. The highest BCUT2D eigenvalue weighted by Gasteiger charge is 2.38. The normalized spacial score (nSPS) is 23.5. The van der Waals surface area contributed by atoms with Gasteiger partial charge in [0.1, 0.15) is 0 Å². The molecule has 1 atom stereocenters. The maximum atomic E-state index is 5.69. The van der Waals surface area contributed by atoms with Crippen molar-refractivity contribution in [3.8, 4) is 22.8 Å². The quantitative estimate of drug-likeness (QED) is 0.891. The number of aromatic amines is 1. The molecule has 1 unspecified atom stereocenters. The molecule has 0 aliphatic carbocycles. The molecule has 0 saturated carbocycles. The number of aromatic nitrogens is 2. The van der Waals surface area contributed by atoms with Crippen LogP contribution < -0.4 is 9.47 Å². The van der Waals surface area contributed by atoms with Crippen molar-refractivity contribution in [1.82, 2.24) is 15.1 Å². The summed E-state index contributed by atoms with van der Waals surface area (Å²) in [5, 5.41) is 7.47. The predicted octanol–water partition coefficient (Wildman–Crippen LogP) is 3.10. The van der Waals surface area contributed by atoms with Crippen LogP contribution in [0.2, 0.25) is 0 Å². The SMILES string of the molecule is COc1ccc(-c2[nH]ncc2CN2CCCC3(CCOC3)C2)cc1OC. The Morgan fingerprint density at radius 1 is 1.23 bits per heavy atom. The molecule has 2 aromatic rings. The Labute approximate surface area is 154 Å². The zero-order valence-corrected chi connectivity index (χ0v) is 15.6. The lowest BCUT2D eigenvalue weighted by Gasteiger charge is -2.39. The predicted molar refractivity (Wildman–Crippen MR) is 99.5 cm³/mol. The third kappa shape index (κ3) is 3.31. The van der Waals surface area contributed by atoms with E-state index in [0.717, 1.165) is 55.6 Å². The van der Waals surface area contributed by atoms with Crippen molar-refractivity contribution in [3.05, 3.63) is 30.0 Å². The van der Waals surface area contributed by atoms with E-state index in [0.29, 0.717) is 5.41 Å². The second-order valence-corrected chi connectivity index (χ2v) is 7.46. The van der Waals surface area contributed by atoms with Crippen LogP contribution in [-0.4, -0.2) is 55.6 Å². The summed E-state index contributed by atoms with van der Waals surface area (Å²) < 4.78 is 16.5. The van der Waals surface area contributed by atoms with Crippen molar-refractivity contribution in [3.63, 3.8) is 0 Å². The molecule has 1 N–H and O–H groups in total. The van der Waals surface area contributed by atoms with E-state index >= 15 is 0 Å². The molecule has 0 bridgehead atoms. The number of H-pyrrole nitrogens is 1. The highest BCUT2D eigenvalue weighted by molar-refractivity contribution is 5.66. The lowest BCUT2D eigenvalue weighted by molar-refractivity contribution is 0.0646. The van der Waals surface area contributed by atoms with Crippen LogP contribution in [0.25, 0.3) is 11.3 Å². The number of benzene rings is 1. The van der Waals surface area contributed by atoms with Crippen molar-refractivity contribution in [1.29, 1.82) is 0 Å². The molecule has 2 saturated heterocycles. The monoisotopic (exact) mass is 357 g/mol. The first-order chi connectivity index (χ1) is 12.7. The minimum absolute atomic E-state index is 0.367. The number of hydrogen-bond acceptors (Lipinski definition) is 5. The summed E-state index contributed by atoms with van der Waals surface area (Å²) in [5.74, 6) is 1.46. The van der Waals surface area contributed by atoms with Crippen LogP contribution in [-0.2, 0) is 11.3 Å². The van der Waals surface area contributed by atoms with Gasteiger partial charge in [0.05, 0.1) is 32.7 Å². The Bertz CT molecular complexity index is 753. The molecule has 1 spiro atoms. The summed E-state index contributed by atoms with van der Waals surface area (Å²) in [7, 11) is 3.31. The first-order valence-electron chi connectivity index (χ1n) is 9.28.